The Hall–Kier alpha value is -3.56. The molecule has 0 radical (unpaired) electrons. The molecule has 0 saturated heterocycles. The van der Waals surface area contributed by atoms with Gasteiger partial charge in [-0.2, -0.15) is 0 Å². The van der Waals surface area contributed by atoms with Gasteiger partial charge in [-0.15, -0.1) is 0 Å². The van der Waals surface area contributed by atoms with E-state index in [0.29, 0.717) is 0 Å². The van der Waals surface area contributed by atoms with Crippen molar-refractivity contribution >= 4 is 23.3 Å². The molecule has 0 bridgehead atoms. The van der Waals surface area contributed by atoms with Crippen LogP contribution >= 0.6 is 0 Å². The minimum absolute atomic E-state index is 0.228. The molecule has 26 heavy (non-hydrogen) atoms. The Morgan fingerprint density at radius 2 is 1.77 bits per heavy atom. The lowest BCUT2D eigenvalue weighted by molar-refractivity contribution is -0.384. The Kier molecular flexibility index (Phi) is 6.15. The average molecular weight is 366 g/mol. The third-order valence-electron chi connectivity index (χ3n) is 2.97. The van der Waals surface area contributed by atoms with Crippen molar-refractivity contribution in [3.63, 3.8) is 0 Å². The van der Waals surface area contributed by atoms with Crippen LogP contribution in [0.4, 0.5) is 20.2 Å². The van der Waals surface area contributed by atoms with Crippen LogP contribution in [0.3, 0.4) is 0 Å². The van der Waals surface area contributed by atoms with E-state index in [9.17, 15) is 28.5 Å². The number of nitro groups is 1. The number of carbonyl (C=O) groups excluding carboxylic acids is 2. The monoisotopic (exact) mass is 366 g/mol. The largest absolute Gasteiger partial charge is 0.482 e. The van der Waals surface area contributed by atoms with E-state index in [1.807, 2.05) is 0 Å². The summed E-state index contributed by atoms with van der Waals surface area (Å²) in [5.41, 5.74) is -0.825. The Balaban J connectivity index is 1.81. The second-order valence-electron chi connectivity index (χ2n) is 4.87. The number of rotatable bonds is 7. The van der Waals surface area contributed by atoms with Crippen molar-refractivity contribution in [3.8, 4) is 5.75 Å². The summed E-state index contributed by atoms with van der Waals surface area (Å²) in [5, 5.41) is 12.7. The maximum absolute atomic E-state index is 13.5. The minimum atomic E-state index is -0.889. The van der Waals surface area contributed by atoms with E-state index < -0.39 is 53.0 Å². The van der Waals surface area contributed by atoms with E-state index in [2.05, 4.69) is 10.1 Å². The first-order valence-electron chi connectivity index (χ1n) is 7.13. The molecule has 2 aromatic rings. The van der Waals surface area contributed by atoms with E-state index in [0.717, 1.165) is 30.3 Å². The number of ether oxygens (including phenoxy) is 2. The number of carbonyl (C=O) groups is 2. The molecule has 0 saturated carbocycles. The predicted molar refractivity (Wildman–Crippen MR) is 84.5 cm³/mol. The molecule has 0 aliphatic carbocycles. The summed E-state index contributed by atoms with van der Waals surface area (Å²) in [5.74, 6) is -2.89. The zero-order chi connectivity index (χ0) is 19.1. The van der Waals surface area contributed by atoms with Gasteiger partial charge in [0.2, 0.25) is 0 Å². The zero-order valence-corrected chi connectivity index (χ0v) is 13.1. The number of nitrogens with zero attached hydrogens (tertiary/aromatic N) is 1. The van der Waals surface area contributed by atoms with Crippen molar-refractivity contribution in [3.05, 3.63) is 64.2 Å². The fraction of sp³-hybridized carbons (Fsp3) is 0.125. The van der Waals surface area contributed by atoms with Gasteiger partial charge in [0.1, 0.15) is 17.4 Å². The van der Waals surface area contributed by atoms with Crippen molar-refractivity contribution < 1.29 is 32.8 Å². The fourth-order valence-electron chi connectivity index (χ4n) is 1.77. The van der Waals surface area contributed by atoms with Gasteiger partial charge in [-0.25, -0.2) is 13.6 Å². The van der Waals surface area contributed by atoms with Crippen molar-refractivity contribution in [2.24, 2.45) is 0 Å². The molecule has 0 aromatic heterocycles. The molecule has 1 N–H and O–H groups in total. The lowest BCUT2D eigenvalue weighted by Gasteiger charge is -2.08. The molecule has 2 aromatic carbocycles. The number of benzene rings is 2. The minimum Gasteiger partial charge on any atom is -0.482 e. The quantitative estimate of drug-likeness (QED) is 0.458. The molecule has 0 aliphatic rings. The summed E-state index contributed by atoms with van der Waals surface area (Å²) in [6.07, 6.45) is 0. The molecule has 0 unspecified atom stereocenters. The third-order valence-corrected chi connectivity index (χ3v) is 2.97. The van der Waals surface area contributed by atoms with Crippen molar-refractivity contribution in [2.45, 2.75) is 0 Å². The third kappa shape index (κ3) is 5.51. The summed E-state index contributed by atoms with van der Waals surface area (Å²) in [7, 11) is 0. The number of hydrogen-bond acceptors (Lipinski definition) is 6. The summed E-state index contributed by atoms with van der Waals surface area (Å²) >= 11 is 0. The molecule has 8 nitrogen and oxygen atoms in total. The first-order valence-corrected chi connectivity index (χ1v) is 7.13. The van der Waals surface area contributed by atoms with E-state index in [1.165, 1.54) is 12.1 Å². The second-order valence-corrected chi connectivity index (χ2v) is 4.87. The molecule has 136 valence electrons. The van der Waals surface area contributed by atoms with E-state index in [-0.39, 0.29) is 5.75 Å². The highest BCUT2D eigenvalue weighted by molar-refractivity contribution is 5.93. The number of amides is 1. The summed E-state index contributed by atoms with van der Waals surface area (Å²) < 4.78 is 35.9. The molecule has 0 atom stereocenters. The first kappa shape index (κ1) is 18.8. The molecule has 0 fully saturated rings. The lowest BCUT2D eigenvalue weighted by atomic mass is 10.2. The van der Waals surface area contributed by atoms with Crippen LogP contribution < -0.4 is 10.1 Å². The predicted octanol–water partition coefficient (Wildman–Crippen LogP) is 2.43. The van der Waals surface area contributed by atoms with Gasteiger partial charge in [-0.1, -0.05) is 0 Å². The number of anilines is 1. The van der Waals surface area contributed by atoms with Crippen LogP contribution in [0.5, 0.6) is 5.75 Å². The number of esters is 1. The van der Waals surface area contributed by atoms with Crippen LogP contribution in [0, 0.1) is 21.7 Å². The topological polar surface area (TPSA) is 108 Å². The highest BCUT2D eigenvalue weighted by Gasteiger charge is 2.14. The maximum atomic E-state index is 13.5. The van der Waals surface area contributed by atoms with Crippen molar-refractivity contribution in [2.75, 3.05) is 18.5 Å². The molecular formula is C16H12F2N2O6. The number of halogens is 2. The molecule has 1 amide bonds. The Morgan fingerprint density at radius 1 is 1.08 bits per heavy atom. The van der Waals surface area contributed by atoms with Gasteiger partial charge in [0.15, 0.2) is 13.2 Å². The highest BCUT2D eigenvalue weighted by Crippen LogP contribution is 2.21. The van der Waals surface area contributed by atoms with Crippen LogP contribution in [-0.2, 0) is 14.3 Å². The van der Waals surface area contributed by atoms with Crippen molar-refractivity contribution in [1.82, 2.24) is 0 Å². The maximum Gasteiger partial charge on any atom is 0.344 e. The fourth-order valence-corrected chi connectivity index (χ4v) is 1.77. The normalized spacial score (nSPS) is 10.1. The van der Waals surface area contributed by atoms with Gasteiger partial charge in [-0.3, -0.25) is 14.9 Å². The Morgan fingerprint density at radius 3 is 2.42 bits per heavy atom. The molecular weight excluding hydrogens is 354 g/mol. The zero-order valence-electron chi connectivity index (χ0n) is 13.1. The van der Waals surface area contributed by atoms with Crippen molar-refractivity contribution in [1.29, 1.82) is 0 Å². The second kappa shape index (κ2) is 8.51. The van der Waals surface area contributed by atoms with Gasteiger partial charge in [0.05, 0.1) is 10.6 Å². The average Bonchev–Trinajstić information content (AvgIpc) is 2.61. The van der Waals surface area contributed by atoms with Gasteiger partial charge in [0.25, 0.3) is 11.6 Å². The smallest absolute Gasteiger partial charge is 0.344 e. The highest BCUT2D eigenvalue weighted by atomic mass is 19.1. The van der Waals surface area contributed by atoms with Gasteiger partial charge in [0, 0.05) is 12.1 Å². The van der Waals surface area contributed by atoms with Crippen LogP contribution in [-0.4, -0.2) is 30.0 Å². The van der Waals surface area contributed by atoms with E-state index in [1.54, 1.807) is 0 Å². The molecule has 10 heteroatoms. The standard InChI is InChI=1S/C16H12F2N2O6/c17-10-1-4-12(5-2-10)25-9-16(22)26-8-15(21)19-14-7-11(20(23)24)3-6-13(14)18/h1-7H,8-9H2,(H,19,21). The van der Waals surface area contributed by atoms with Gasteiger partial charge in [-0.05, 0) is 30.3 Å². The lowest BCUT2D eigenvalue weighted by Crippen LogP contribution is -2.24. The number of hydrogen-bond donors (Lipinski definition) is 1. The van der Waals surface area contributed by atoms with Crippen LogP contribution in [0.2, 0.25) is 0 Å². The summed E-state index contributed by atoms with van der Waals surface area (Å²) in [6, 6.07) is 7.50. The Labute approximate surface area is 145 Å². The SMILES string of the molecule is O=C(COC(=O)COc1ccc(F)cc1)Nc1cc([N+](=O)[O-])ccc1F. The van der Waals surface area contributed by atoms with Gasteiger partial charge >= 0.3 is 5.97 Å². The van der Waals surface area contributed by atoms with Gasteiger partial charge < -0.3 is 14.8 Å². The summed E-state index contributed by atoms with van der Waals surface area (Å²) in [6.45, 7) is -1.27. The molecule has 0 heterocycles. The molecule has 0 spiro atoms. The number of nitro benzene ring substituents is 1. The number of non-ortho nitro benzene ring substituents is 1. The molecule has 2 rings (SSSR count). The van der Waals surface area contributed by atoms with Crippen LogP contribution in [0.1, 0.15) is 0 Å². The van der Waals surface area contributed by atoms with Crippen LogP contribution in [0.25, 0.3) is 0 Å². The first-order chi connectivity index (χ1) is 12.3. The number of nitrogens with one attached hydrogen (secondary N) is 1. The Bertz CT molecular complexity index is 826. The van der Waals surface area contributed by atoms with E-state index in [4.69, 9.17) is 4.74 Å². The summed E-state index contributed by atoms with van der Waals surface area (Å²) in [4.78, 5) is 33.0. The van der Waals surface area contributed by atoms with Crippen LogP contribution in [0.15, 0.2) is 42.5 Å². The molecule has 0 aliphatic heterocycles. The van der Waals surface area contributed by atoms with E-state index >= 15 is 0 Å².